The van der Waals surface area contributed by atoms with Gasteiger partial charge in [-0.3, -0.25) is 4.79 Å². The van der Waals surface area contributed by atoms with Gasteiger partial charge in [0.15, 0.2) is 5.78 Å². The van der Waals surface area contributed by atoms with Crippen molar-refractivity contribution in [3.63, 3.8) is 0 Å². The van der Waals surface area contributed by atoms with E-state index in [-0.39, 0.29) is 33.8 Å². The monoisotopic (exact) mass is 313 g/mol. The van der Waals surface area contributed by atoms with E-state index >= 15 is 0 Å². The summed E-state index contributed by atoms with van der Waals surface area (Å²) in [7, 11) is 0. The molecule has 0 aliphatic heterocycles. The maximum Gasteiger partial charge on any atom is 0.182 e. The summed E-state index contributed by atoms with van der Waals surface area (Å²) in [4.78, 5) is 12.0. The van der Waals surface area contributed by atoms with Crippen molar-refractivity contribution in [2.75, 3.05) is 5.73 Å². The highest BCUT2D eigenvalue weighted by atomic mass is 79.9. The third-order valence-electron chi connectivity index (χ3n) is 2.95. The number of hydrogen-bond donors (Lipinski definition) is 2. The lowest BCUT2D eigenvalue weighted by atomic mass is 9.93. The van der Waals surface area contributed by atoms with Gasteiger partial charge < -0.3 is 10.8 Å². The van der Waals surface area contributed by atoms with E-state index in [4.69, 9.17) is 5.73 Å². The molecule has 1 atom stereocenters. The summed E-state index contributed by atoms with van der Waals surface area (Å²) in [6, 6.07) is 3.45. The van der Waals surface area contributed by atoms with E-state index in [0.717, 1.165) is 5.56 Å². The maximum absolute atomic E-state index is 12.3. The van der Waals surface area contributed by atoms with E-state index in [1.54, 1.807) is 12.1 Å². The average Bonchev–Trinajstić information content (AvgIpc) is 2.27. The van der Waals surface area contributed by atoms with Crippen LogP contribution in [-0.2, 0) is 0 Å². The molecular formula is C14H20BrNO2. The van der Waals surface area contributed by atoms with Gasteiger partial charge in [0.1, 0.15) is 5.75 Å². The van der Waals surface area contributed by atoms with Crippen molar-refractivity contribution in [3.05, 3.63) is 23.3 Å². The number of carbonyl (C=O) groups excluding carboxylic acids is 1. The molecule has 0 saturated carbocycles. The number of anilines is 1. The fourth-order valence-electron chi connectivity index (χ4n) is 1.79. The molecule has 3 N–H and O–H groups in total. The Morgan fingerprint density at radius 1 is 1.28 bits per heavy atom. The number of Topliss-reactive ketones (excluding diaryl/α,β-unsaturated/α-hetero) is 1. The molecule has 1 rings (SSSR count). The van der Waals surface area contributed by atoms with Gasteiger partial charge in [-0.1, -0.05) is 49.7 Å². The van der Waals surface area contributed by atoms with Crippen LogP contribution in [0.3, 0.4) is 0 Å². The second kappa shape index (κ2) is 5.74. The normalized spacial score (nSPS) is 13.1. The molecule has 0 bridgehead atoms. The standard InChI is InChI=1S/C14H20BrNO2/c1-7(2)9-5-6-10(16)11(13(9)17)14(18)12(15)8(3)4/h5-8,12,17H,16H2,1-4H3. The van der Waals surface area contributed by atoms with Crippen LogP contribution in [0.15, 0.2) is 12.1 Å². The lowest BCUT2D eigenvalue weighted by molar-refractivity contribution is 0.0976. The van der Waals surface area contributed by atoms with E-state index < -0.39 is 0 Å². The van der Waals surface area contributed by atoms with Gasteiger partial charge in [-0.15, -0.1) is 0 Å². The number of benzene rings is 1. The van der Waals surface area contributed by atoms with Gasteiger partial charge in [0.25, 0.3) is 0 Å². The summed E-state index contributed by atoms with van der Waals surface area (Å²) in [5, 5.41) is 10.2. The fourth-order valence-corrected chi connectivity index (χ4v) is 2.02. The molecule has 1 aromatic rings. The molecule has 0 aromatic heterocycles. The molecule has 0 fully saturated rings. The summed E-state index contributed by atoms with van der Waals surface area (Å²) >= 11 is 3.36. The molecule has 1 aromatic carbocycles. The van der Waals surface area contributed by atoms with Gasteiger partial charge in [-0.2, -0.15) is 0 Å². The fraction of sp³-hybridized carbons (Fsp3) is 0.500. The van der Waals surface area contributed by atoms with Crippen molar-refractivity contribution in [3.8, 4) is 5.75 Å². The predicted molar refractivity (Wildman–Crippen MR) is 78.5 cm³/mol. The van der Waals surface area contributed by atoms with Crippen molar-refractivity contribution < 1.29 is 9.90 Å². The number of nitrogens with two attached hydrogens (primary N) is 1. The minimum atomic E-state index is -0.340. The van der Waals surface area contributed by atoms with Crippen LogP contribution >= 0.6 is 15.9 Å². The van der Waals surface area contributed by atoms with Crippen molar-refractivity contribution in [1.29, 1.82) is 0 Å². The van der Waals surface area contributed by atoms with Crippen molar-refractivity contribution >= 4 is 27.4 Å². The highest BCUT2D eigenvalue weighted by Crippen LogP contribution is 2.35. The Bertz CT molecular complexity index is 455. The van der Waals surface area contributed by atoms with E-state index in [1.165, 1.54) is 0 Å². The van der Waals surface area contributed by atoms with Gasteiger partial charge >= 0.3 is 0 Å². The molecule has 3 nitrogen and oxygen atoms in total. The minimum absolute atomic E-state index is 0.0140. The first kappa shape index (κ1) is 15.0. The largest absolute Gasteiger partial charge is 0.507 e. The van der Waals surface area contributed by atoms with Gasteiger partial charge in [0.05, 0.1) is 10.4 Å². The zero-order chi connectivity index (χ0) is 14.0. The third-order valence-corrected chi connectivity index (χ3v) is 4.42. The van der Waals surface area contributed by atoms with Crippen LogP contribution in [0.25, 0.3) is 0 Å². The van der Waals surface area contributed by atoms with Gasteiger partial charge in [0, 0.05) is 5.69 Å². The molecule has 0 radical (unpaired) electrons. The van der Waals surface area contributed by atoms with Crippen molar-refractivity contribution in [1.82, 2.24) is 0 Å². The number of nitrogen functional groups attached to an aromatic ring is 1. The van der Waals surface area contributed by atoms with Crippen LogP contribution in [0.2, 0.25) is 0 Å². The van der Waals surface area contributed by atoms with Crippen LogP contribution in [0.1, 0.15) is 49.5 Å². The van der Waals surface area contributed by atoms with E-state index in [9.17, 15) is 9.90 Å². The number of phenolic OH excluding ortho intramolecular Hbond substituents is 1. The number of hydrogen-bond acceptors (Lipinski definition) is 3. The molecule has 0 amide bonds. The molecule has 4 heteroatoms. The molecule has 0 aliphatic rings. The van der Waals surface area contributed by atoms with E-state index in [0.29, 0.717) is 5.69 Å². The molecule has 100 valence electrons. The topological polar surface area (TPSA) is 63.3 Å². The first-order valence-electron chi connectivity index (χ1n) is 6.07. The van der Waals surface area contributed by atoms with Gasteiger partial charge in [0.2, 0.25) is 0 Å². The van der Waals surface area contributed by atoms with Crippen LogP contribution in [0.5, 0.6) is 5.75 Å². The number of rotatable bonds is 4. The van der Waals surface area contributed by atoms with Crippen LogP contribution in [0.4, 0.5) is 5.69 Å². The van der Waals surface area contributed by atoms with E-state index in [1.807, 2.05) is 27.7 Å². The molecule has 1 unspecified atom stereocenters. The summed E-state index contributed by atoms with van der Waals surface area (Å²) in [5.74, 6) is 0.131. The Morgan fingerprint density at radius 3 is 2.28 bits per heavy atom. The zero-order valence-corrected chi connectivity index (χ0v) is 12.8. The number of halogens is 1. The first-order chi connectivity index (χ1) is 8.27. The lowest BCUT2D eigenvalue weighted by Crippen LogP contribution is -2.21. The number of carbonyl (C=O) groups is 1. The molecule has 0 spiro atoms. The van der Waals surface area contributed by atoms with Gasteiger partial charge in [-0.25, -0.2) is 0 Å². The Labute approximate surface area is 117 Å². The average molecular weight is 314 g/mol. The van der Waals surface area contributed by atoms with Crippen LogP contribution < -0.4 is 5.73 Å². The number of aromatic hydroxyl groups is 1. The molecular weight excluding hydrogens is 294 g/mol. The third kappa shape index (κ3) is 2.86. The molecule has 0 aliphatic carbocycles. The maximum atomic E-state index is 12.3. The molecule has 0 saturated heterocycles. The smallest absolute Gasteiger partial charge is 0.182 e. The van der Waals surface area contributed by atoms with E-state index in [2.05, 4.69) is 15.9 Å². The number of phenols is 1. The zero-order valence-electron chi connectivity index (χ0n) is 11.2. The SMILES string of the molecule is CC(C)c1ccc(N)c(C(=O)C(Br)C(C)C)c1O. The minimum Gasteiger partial charge on any atom is -0.507 e. The van der Waals surface area contributed by atoms with Crippen LogP contribution in [0, 0.1) is 5.92 Å². The second-order valence-corrected chi connectivity index (χ2v) is 6.12. The highest BCUT2D eigenvalue weighted by molar-refractivity contribution is 9.10. The second-order valence-electron chi connectivity index (χ2n) is 5.13. The summed E-state index contributed by atoms with van der Waals surface area (Å²) in [6.45, 7) is 7.81. The lowest BCUT2D eigenvalue weighted by Gasteiger charge is -2.18. The molecule has 18 heavy (non-hydrogen) atoms. The summed E-state index contributed by atoms with van der Waals surface area (Å²) in [6.07, 6.45) is 0. The Morgan fingerprint density at radius 2 is 1.83 bits per heavy atom. The number of ketones is 1. The van der Waals surface area contributed by atoms with Crippen molar-refractivity contribution in [2.24, 2.45) is 5.92 Å². The number of alkyl halides is 1. The van der Waals surface area contributed by atoms with Crippen molar-refractivity contribution in [2.45, 2.75) is 38.4 Å². The summed E-state index contributed by atoms with van der Waals surface area (Å²) < 4.78 is 0. The van der Waals surface area contributed by atoms with Crippen LogP contribution in [-0.4, -0.2) is 15.7 Å². The molecule has 0 heterocycles. The summed E-state index contributed by atoms with van der Waals surface area (Å²) in [5.41, 5.74) is 7.13. The van der Waals surface area contributed by atoms with Gasteiger partial charge in [-0.05, 0) is 23.5 Å². The first-order valence-corrected chi connectivity index (χ1v) is 6.98. The Kier molecular flexibility index (Phi) is 4.79. The Balaban J connectivity index is 3.31. The highest BCUT2D eigenvalue weighted by Gasteiger charge is 2.26. The quantitative estimate of drug-likeness (QED) is 0.506. The predicted octanol–water partition coefficient (Wildman–Crippen LogP) is 3.70. The Hall–Kier alpha value is -1.03.